The van der Waals surface area contributed by atoms with Gasteiger partial charge in [-0.25, -0.2) is 9.97 Å². The van der Waals surface area contributed by atoms with Crippen LogP contribution >= 0.6 is 0 Å². The highest BCUT2D eigenvalue weighted by Crippen LogP contribution is 2.40. The molecule has 1 aliphatic rings. The zero-order valence-corrected chi connectivity index (χ0v) is 39.9. The van der Waals surface area contributed by atoms with Gasteiger partial charge in [0.15, 0.2) is 0 Å². The third-order valence-corrected chi connectivity index (χ3v) is 11.7. The van der Waals surface area contributed by atoms with Crippen molar-refractivity contribution in [3.8, 4) is 11.5 Å². The second-order valence-corrected chi connectivity index (χ2v) is 16.7. The zero-order valence-electron chi connectivity index (χ0n) is 39.9. The highest BCUT2D eigenvalue weighted by atomic mass is 16.5. The molecule has 1 aliphatic heterocycles. The van der Waals surface area contributed by atoms with Crippen molar-refractivity contribution in [2.24, 2.45) is 11.5 Å². The molecule has 23 heteroatoms. The summed E-state index contributed by atoms with van der Waals surface area (Å²) < 4.78 is 30.0. The number of fused-ring (bicyclic) bond motifs is 1. The van der Waals surface area contributed by atoms with E-state index >= 15 is 0 Å². The van der Waals surface area contributed by atoms with Gasteiger partial charge in [-0.1, -0.05) is 0 Å². The number of rotatable bonds is 25. The molecule has 0 fully saturated rings. The number of carbonyl (C=O) groups excluding carboxylic acids is 4. The number of amides is 4. The fourth-order valence-corrected chi connectivity index (χ4v) is 8.41. The molecular weight excluding hydrogens is 893 g/mol. The van der Waals surface area contributed by atoms with Crippen LogP contribution in [0.25, 0.3) is 22.1 Å². The Labute approximate surface area is 398 Å². The van der Waals surface area contributed by atoms with Gasteiger partial charge in [0.1, 0.15) is 46.8 Å². The Kier molecular flexibility index (Phi) is 16.3. The van der Waals surface area contributed by atoms with Gasteiger partial charge in [0, 0.05) is 64.6 Å². The number of methoxy groups -OCH3 is 2. The van der Waals surface area contributed by atoms with Crippen molar-refractivity contribution in [1.82, 2.24) is 48.9 Å². The number of nitrogens with one attached hydrogen (secondary N) is 3. The first kappa shape index (κ1) is 50.0. The minimum atomic E-state index is -1.28. The lowest BCUT2D eigenvalue weighted by Gasteiger charge is -2.28. The maximum Gasteiger partial charge on any atom is 0.276 e. The summed E-state index contributed by atoms with van der Waals surface area (Å²) in [6, 6.07) is 9.49. The van der Waals surface area contributed by atoms with Crippen LogP contribution in [0.1, 0.15) is 93.7 Å². The Balaban J connectivity index is 1.17. The predicted molar refractivity (Wildman–Crippen MR) is 255 cm³/mol. The number of hydrogen-bond acceptors (Lipinski definition) is 15. The molecule has 2 aromatic carbocycles. The molecule has 2 atom stereocenters. The van der Waals surface area contributed by atoms with Crippen LogP contribution < -0.4 is 36.9 Å². The van der Waals surface area contributed by atoms with Crippen LogP contribution in [0.4, 0.5) is 11.9 Å². The van der Waals surface area contributed by atoms with Crippen LogP contribution in [0.15, 0.2) is 36.4 Å². The average molecular weight is 955 g/mol. The summed E-state index contributed by atoms with van der Waals surface area (Å²) in [5, 5.41) is 28.1. The number of nitrogens with two attached hydrogens (primary N) is 2. The monoisotopic (exact) mass is 954 g/mol. The largest absolute Gasteiger partial charge is 0.491 e. The van der Waals surface area contributed by atoms with E-state index < -0.39 is 23.9 Å². The minimum absolute atomic E-state index is 0.152. The normalized spacial score (nSPS) is 13.8. The number of benzene rings is 2. The lowest BCUT2D eigenvalue weighted by molar-refractivity contribution is -0.122. The number of aryl methyl sites for hydroxylation is 5. The van der Waals surface area contributed by atoms with Gasteiger partial charge in [0.25, 0.3) is 11.8 Å². The number of imidazole rings is 2. The van der Waals surface area contributed by atoms with E-state index in [1.807, 2.05) is 34.8 Å². The van der Waals surface area contributed by atoms with Crippen molar-refractivity contribution in [3.05, 3.63) is 70.3 Å². The second-order valence-electron chi connectivity index (χ2n) is 16.7. The Morgan fingerprint density at radius 2 is 1.48 bits per heavy atom. The number of carbonyl (C=O) groups is 4. The van der Waals surface area contributed by atoms with Crippen molar-refractivity contribution in [1.29, 1.82) is 0 Å². The number of nitrogens with zero attached hydrogens (tertiary/aromatic N) is 9. The molecule has 370 valence electrons. The third kappa shape index (κ3) is 11.5. The molecule has 0 aliphatic carbocycles. The Morgan fingerprint density at radius 1 is 0.855 bits per heavy atom. The van der Waals surface area contributed by atoms with Crippen molar-refractivity contribution >= 4 is 57.6 Å². The molecule has 0 radical (unpaired) electrons. The SMILES string of the molecule is CCn1nc(C)cc1C(=O)Nc1nc2cc(C(N)=O)cc(OCCCNC(=O)CN(CCOC)CCOC)c2n1CCC[C@H]1COc2cc(C(N)O)cc3nc(NC(=O)c4cc(C)nn4CC)n1c23. The Bertz CT molecular complexity index is 2800. The average Bonchev–Trinajstić information content (AvgIpc) is 4.10. The molecule has 4 aromatic heterocycles. The van der Waals surface area contributed by atoms with E-state index in [2.05, 4.69) is 26.1 Å². The smallest absolute Gasteiger partial charge is 0.276 e. The van der Waals surface area contributed by atoms with Crippen LogP contribution in [0.2, 0.25) is 0 Å². The summed E-state index contributed by atoms with van der Waals surface area (Å²) >= 11 is 0. The summed E-state index contributed by atoms with van der Waals surface area (Å²) in [6.07, 6.45) is 0.110. The van der Waals surface area contributed by atoms with Gasteiger partial charge in [0.2, 0.25) is 23.7 Å². The molecule has 0 saturated heterocycles. The van der Waals surface area contributed by atoms with Crippen molar-refractivity contribution in [3.63, 3.8) is 0 Å². The van der Waals surface area contributed by atoms with Crippen molar-refractivity contribution < 1.29 is 43.2 Å². The van der Waals surface area contributed by atoms with Gasteiger partial charge in [-0.3, -0.25) is 44.1 Å². The van der Waals surface area contributed by atoms with E-state index in [-0.39, 0.29) is 49.2 Å². The van der Waals surface area contributed by atoms with Crippen LogP contribution in [-0.4, -0.2) is 139 Å². The van der Waals surface area contributed by atoms with E-state index in [0.717, 1.165) is 0 Å². The van der Waals surface area contributed by atoms with Gasteiger partial charge in [-0.2, -0.15) is 10.2 Å². The molecule has 0 bridgehead atoms. The molecule has 7 rings (SSSR count). The van der Waals surface area contributed by atoms with Gasteiger partial charge < -0.3 is 50.0 Å². The molecule has 1 unspecified atom stereocenters. The maximum absolute atomic E-state index is 13.9. The Hall–Kier alpha value is -6.92. The molecule has 4 amide bonds. The number of ether oxygens (including phenoxy) is 4. The molecule has 8 N–H and O–H groups in total. The standard InChI is InChI=1S/C46H62N14O9/c1-7-58-34(19-27(3)54-58)43(64)52-45-50-32-21-29(41(47)62)23-36(68-16-10-12-49-38(61)25-56(14-17-66-5)15-18-67-6)39(32)57(45)13-9-11-31-26-69-37-24-30(42(48)63)22-33-40(37)60(31)46(51-33)53-44(65)35-20-28(4)55-59(35)8-2/h19-24,31,42,63H,7-18,25-26,48H2,1-6H3,(H2,47,62)(H,49,61)(H,50,52,64)(H,51,53,65)/t31-,42?/m0/s1. The van der Waals surface area contributed by atoms with Crippen LogP contribution in [0, 0.1) is 13.8 Å². The van der Waals surface area contributed by atoms with Crippen LogP contribution in [-0.2, 0) is 33.9 Å². The van der Waals surface area contributed by atoms with Crippen LogP contribution in [0.3, 0.4) is 0 Å². The fourth-order valence-electron chi connectivity index (χ4n) is 8.41. The molecule has 5 heterocycles. The number of primary amides is 1. The fraction of sp³-hybridized carbons (Fsp3) is 0.478. The summed E-state index contributed by atoms with van der Waals surface area (Å²) in [6.45, 7) is 11.6. The van der Waals surface area contributed by atoms with Gasteiger partial charge in [-0.15, -0.1) is 0 Å². The number of aliphatic hydroxyl groups is 1. The first-order valence-electron chi connectivity index (χ1n) is 23.0. The summed E-state index contributed by atoms with van der Waals surface area (Å²) in [4.78, 5) is 64.9. The number of anilines is 2. The predicted octanol–water partition coefficient (Wildman–Crippen LogP) is 2.88. The van der Waals surface area contributed by atoms with E-state index in [4.69, 9.17) is 40.4 Å². The van der Waals surface area contributed by atoms with E-state index in [0.29, 0.717) is 134 Å². The highest BCUT2D eigenvalue weighted by Gasteiger charge is 2.30. The second kappa shape index (κ2) is 22.5. The van der Waals surface area contributed by atoms with E-state index in [1.54, 1.807) is 66.9 Å². The number of aromatic nitrogens is 8. The van der Waals surface area contributed by atoms with Crippen molar-refractivity contribution in [2.45, 2.75) is 78.9 Å². The lowest BCUT2D eigenvalue weighted by Crippen LogP contribution is -2.40. The topological polar surface area (TPSA) is 288 Å². The third-order valence-electron chi connectivity index (χ3n) is 11.7. The maximum atomic E-state index is 13.9. The summed E-state index contributed by atoms with van der Waals surface area (Å²) in [5.41, 5.74) is 16.3. The van der Waals surface area contributed by atoms with Gasteiger partial charge in [0.05, 0.1) is 54.8 Å². The number of aliphatic hydroxyl groups excluding tert-OH is 1. The Morgan fingerprint density at radius 3 is 2.09 bits per heavy atom. The van der Waals surface area contributed by atoms with Crippen LogP contribution in [0.5, 0.6) is 11.5 Å². The first-order chi connectivity index (χ1) is 33.2. The van der Waals surface area contributed by atoms with Gasteiger partial charge >= 0.3 is 0 Å². The quantitative estimate of drug-likeness (QED) is 0.0355. The minimum Gasteiger partial charge on any atom is -0.491 e. The molecule has 69 heavy (non-hydrogen) atoms. The highest BCUT2D eigenvalue weighted by molar-refractivity contribution is 6.05. The van der Waals surface area contributed by atoms with Gasteiger partial charge in [-0.05, 0) is 83.4 Å². The number of hydrogen-bond donors (Lipinski definition) is 6. The molecule has 6 aromatic rings. The molecular formula is C46H62N14O9. The zero-order chi connectivity index (χ0) is 49.4. The summed E-state index contributed by atoms with van der Waals surface area (Å²) in [5.74, 6) is -0.462. The lowest BCUT2D eigenvalue weighted by atomic mass is 10.1. The molecule has 0 spiro atoms. The van der Waals surface area contributed by atoms with E-state index in [9.17, 15) is 24.3 Å². The molecule has 23 nitrogen and oxygen atoms in total. The molecule has 0 saturated carbocycles. The first-order valence-corrected chi connectivity index (χ1v) is 23.0. The van der Waals surface area contributed by atoms with E-state index in [1.165, 1.54) is 0 Å². The van der Waals surface area contributed by atoms with Crippen molar-refractivity contribution in [2.75, 3.05) is 77.5 Å². The summed E-state index contributed by atoms with van der Waals surface area (Å²) in [7, 11) is 3.22.